The fraction of sp³-hybridized carbons (Fsp3) is 0.364. The van der Waals surface area contributed by atoms with Gasteiger partial charge in [0.15, 0.2) is 0 Å². The quantitative estimate of drug-likeness (QED) is 0.164. The van der Waals surface area contributed by atoms with E-state index < -0.39 is 8.07 Å². The number of halogens is 2. The number of fused-ring (bicyclic) bond motifs is 1. The molecule has 7 rings (SSSR count). The van der Waals surface area contributed by atoms with Crippen LogP contribution in [0.1, 0.15) is 71.5 Å². The summed E-state index contributed by atoms with van der Waals surface area (Å²) >= 11 is 2.01. The molecule has 1 unspecified atom stereocenters. The molecule has 2 aliphatic heterocycles. The van der Waals surface area contributed by atoms with Crippen molar-refractivity contribution in [1.29, 1.82) is 0 Å². The second kappa shape index (κ2) is 13.7. The molecule has 1 radical (unpaired) electrons. The maximum Gasteiger partial charge on any atom is 3.00 e. The van der Waals surface area contributed by atoms with Crippen molar-refractivity contribution in [2.24, 2.45) is 0 Å². The first-order valence-corrected chi connectivity index (χ1v) is 17.3. The number of hydrogen-bond acceptors (Lipinski definition) is 1. The Morgan fingerprint density at radius 2 is 1.61 bits per heavy atom. The van der Waals surface area contributed by atoms with Gasteiger partial charge >= 0.3 is 26.2 Å². The Morgan fingerprint density at radius 3 is 2.24 bits per heavy atom. The second-order valence-corrected chi connectivity index (χ2v) is 17.0. The zero-order chi connectivity index (χ0) is 24.7. The molecular formula is C33H39Cl2SSiZr. The standard InChI is InChI=1S/C22H25.C11H14SSi.2ClH.Zr/c1-3-4-5-6-8-18-11-13-19(14-12-18)21-10-7-9-20-15-17(2)16-22(20)21;1-6-5-8-9(12-6)11-7(2)10(8)13(11,3)4;;;/h7,9-16H,3-6,8H2,1-2H3;5,10H,1-4H3;2*1H;/q-1;;;;+3/p-2. The Kier molecular flexibility index (Phi) is 12.0. The summed E-state index contributed by atoms with van der Waals surface area (Å²) in [4.78, 5) is 3.14. The Bertz CT molecular complexity index is 1390. The van der Waals surface area contributed by atoms with E-state index in [1.54, 1.807) is 21.2 Å². The van der Waals surface area contributed by atoms with Gasteiger partial charge in [-0.15, -0.1) is 45.9 Å². The molecule has 0 amide bonds. The molecule has 0 saturated carbocycles. The normalized spacial score (nSPS) is 15.9. The van der Waals surface area contributed by atoms with Crippen molar-refractivity contribution in [3.05, 3.63) is 92.7 Å². The average molecular weight is 658 g/mol. The number of aryl methyl sites for hydroxylation is 3. The van der Waals surface area contributed by atoms with Crippen molar-refractivity contribution >= 4 is 35.4 Å². The summed E-state index contributed by atoms with van der Waals surface area (Å²) in [6.45, 7) is 14.0. The van der Waals surface area contributed by atoms with E-state index in [2.05, 4.69) is 101 Å². The molecule has 1 atom stereocenters. The molecule has 0 spiro atoms. The third-order valence-corrected chi connectivity index (χ3v) is 13.5. The second-order valence-electron chi connectivity index (χ2n) is 11.2. The van der Waals surface area contributed by atoms with Crippen LogP contribution in [0.15, 0.2) is 66.2 Å². The van der Waals surface area contributed by atoms with Crippen molar-refractivity contribution in [2.75, 3.05) is 0 Å². The summed E-state index contributed by atoms with van der Waals surface area (Å²) in [5.41, 5.74) is 9.73. The Balaban J connectivity index is 0.000000273. The van der Waals surface area contributed by atoms with E-state index in [0.29, 0.717) is 0 Å². The van der Waals surface area contributed by atoms with Crippen LogP contribution in [0.4, 0.5) is 0 Å². The fourth-order valence-corrected chi connectivity index (χ4v) is 12.8. The summed E-state index contributed by atoms with van der Waals surface area (Å²) < 4.78 is 0. The minimum absolute atomic E-state index is 0. The molecule has 1 aliphatic carbocycles. The van der Waals surface area contributed by atoms with Gasteiger partial charge in [-0.1, -0.05) is 87.7 Å². The van der Waals surface area contributed by atoms with Gasteiger partial charge in [-0.3, -0.25) is 0 Å². The van der Waals surface area contributed by atoms with E-state index in [4.69, 9.17) is 0 Å². The van der Waals surface area contributed by atoms with Gasteiger partial charge < -0.3 is 24.8 Å². The van der Waals surface area contributed by atoms with Crippen LogP contribution < -0.4 is 24.8 Å². The first-order chi connectivity index (χ1) is 16.8. The smallest absolute Gasteiger partial charge is 1.00 e. The van der Waals surface area contributed by atoms with Gasteiger partial charge in [0.25, 0.3) is 0 Å². The summed E-state index contributed by atoms with van der Waals surface area (Å²) in [6, 6.07) is 22.7. The molecule has 38 heavy (non-hydrogen) atoms. The van der Waals surface area contributed by atoms with Gasteiger partial charge in [-0.2, -0.15) is 6.07 Å². The molecule has 3 aromatic carbocycles. The Hall–Kier alpha value is -0.830. The van der Waals surface area contributed by atoms with Gasteiger partial charge in [-0.25, -0.2) is 0 Å². The van der Waals surface area contributed by atoms with Gasteiger partial charge in [0.05, 0.1) is 8.07 Å². The third kappa shape index (κ3) is 6.23. The van der Waals surface area contributed by atoms with Crippen molar-refractivity contribution in [2.45, 2.75) is 78.4 Å². The van der Waals surface area contributed by atoms with Gasteiger partial charge in [0.2, 0.25) is 0 Å². The van der Waals surface area contributed by atoms with Crippen molar-refractivity contribution in [1.82, 2.24) is 0 Å². The van der Waals surface area contributed by atoms with Crippen LogP contribution in [0.2, 0.25) is 13.1 Å². The molecule has 1 aromatic heterocycles. The molecule has 3 aliphatic rings. The monoisotopic (exact) mass is 655 g/mol. The Labute approximate surface area is 266 Å². The van der Waals surface area contributed by atoms with Crippen molar-refractivity contribution in [3.8, 4) is 11.1 Å². The molecular weight excluding hydrogens is 619 g/mol. The number of thiophene rings is 1. The molecule has 199 valence electrons. The Morgan fingerprint density at radius 1 is 0.895 bits per heavy atom. The van der Waals surface area contributed by atoms with E-state index in [1.807, 2.05) is 11.3 Å². The zero-order valence-electron chi connectivity index (χ0n) is 23.6. The first kappa shape index (κ1) is 33.4. The number of hydrogen-bond donors (Lipinski definition) is 0. The van der Waals surface area contributed by atoms with E-state index in [-0.39, 0.29) is 51.0 Å². The summed E-state index contributed by atoms with van der Waals surface area (Å²) in [5.74, 6) is 0. The topological polar surface area (TPSA) is 0 Å². The number of allylic oxidation sites excluding steroid dienone is 1. The maximum atomic E-state index is 2.52. The van der Waals surface area contributed by atoms with Gasteiger partial charge in [-0.05, 0) is 54.6 Å². The predicted molar refractivity (Wildman–Crippen MR) is 159 cm³/mol. The molecule has 4 aromatic rings. The minimum Gasteiger partial charge on any atom is -1.00 e. The molecule has 0 N–H and O–H groups in total. The van der Waals surface area contributed by atoms with Crippen LogP contribution in [-0.4, -0.2) is 8.07 Å². The molecule has 2 bridgehead atoms. The van der Waals surface area contributed by atoms with Crippen LogP contribution in [0.3, 0.4) is 0 Å². The van der Waals surface area contributed by atoms with Crippen LogP contribution in [0.25, 0.3) is 27.1 Å². The fourth-order valence-electron chi connectivity index (χ4n) is 6.54. The van der Waals surface area contributed by atoms with Crippen LogP contribution in [-0.2, 0) is 32.6 Å². The molecule has 0 saturated heterocycles. The van der Waals surface area contributed by atoms with E-state index in [0.717, 1.165) is 5.54 Å². The summed E-state index contributed by atoms with van der Waals surface area (Å²) in [7, 11) is -0.995. The van der Waals surface area contributed by atoms with Gasteiger partial charge in [0, 0.05) is 15.3 Å². The van der Waals surface area contributed by atoms with E-state index in [9.17, 15) is 0 Å². The first-order valence-electron chi connectivity index (χ1n) is 13.4. The minimum atomic E-state index is -0.995. The van der Waals surface area contributed by atoms with Crippen LogP contribution in [0, 0.1) is 13.8 Å². The summed E-state index contributed by atoms with van der Waals surface area (Å²) in [5, 5.41) is 4.50. The van der Waals surface area contributed by atoms with Crippen molar-refractivity contribution < 1.29 is 51.0 Å². The largest absolute Gasteiger partial charge is 3.00 e. The van der Waals surface area contributed by atoms with E-state index >= 15 is 0 Å². The number of unbranched alkanes of at least 4 members (excludes halogenated alkanes) is 3. The molecule has 3 heterocycles. The molecule has 5 heteroatoms. The predicted octanol–water partition coefficient (Wildman–Crippen LogP) is 4.39. The SMILES string of the molecule is CC1=C2c3sc(C)cc3C1[Si]2(C)C.CCCCCCc1ccc(-c2cccc3[cH-]c(C)cc23)cc1.[Cl-].[Cl-].[Zr+3]. The molecule has 0 nitrogen and oxygen atoms in total. The maximum absolute atomic E-state index is 2.52. The average Bonchev–Trinajstić information content (AvgIpc) is 3.51. The van der Waals surface area contributed by atoms with Crippen LogP contribution in [0.5, 0.6) is 0 Å². The number of benzene rings is 2. The third-order valence-electron chi connectivity index (χ3n) is 8.09. The molecule has 0 fully saturated rings. The zero-order valence-corrected chi connectivity index (χ0v) is 29.3. The number of rotatable bonds is 6. The summed E-state index contributed by atoms with van der Waals surface area (Å²) in [6.07, 6.45) is 6.54. The van der Waals surface area contributed by atoms with Crippen LogP contribution >= 0.6 is 11.3 Å². The van der Waals surface area contributed by atoms with Crippen molar-refractivity contribution in [3.63, 3.8) is 0 Å². The van der Waals surface area contributed by atoms with E-state index in [1.165, 1.54) is 70.0 Å². The van der Waals surface area contributed by atoms with Gasteiger partial charge in [0.1, 0.15) is 0 Å².